The maximum absolute atomic E-state index is 10.7. The molecule has 0 aliphatic rings. The summed E-state index contributed by atoms with van der Waals surface area (Å²) in [5.41, 5.74) is 1.12. The average molecular weight is 292 g/mol. The lowest BCUT2D eigenvalue weighted by Crippen LogP contribution is -2.32. The van der Waals surface area contributed by atoms with Gasteiger partial charge in [-0.25, -0.2) is 0 Å². The van der Waals surface area contributed by atoms with Crippen LogP contribution in [0.25, 0.3) is 0 Å². The van der Waals surface area contributed by atoms with Crippen LogP contribution in [0.1, 0.15) is 77.2 Å². The fourth-order valence-corrected chi connectivity index (χ4v) is 2.63. The van der Waals surface area contributed by atoms with Gasteiger partial charge in [-0.1, -0.05) is 82.7 Å². The molecule has 120 valence electrons. The normalized spacial score (nSPS) is 14.0. The van der Waals surface area contributed by atoms with Crippen LogP contribution in [0, 0.1) is 0 Å². The van der Waals surface area contributed by atoms with Crippen molar-refractivity contribution in [3.63, 3.8) is 0 Å². The fourth-order valence-electron chi connectivity index (χ4n) is 2.63. The highest BCUT2D eigenvalue weighted by Crippen LogP contribution is 2.24. The van der Waals surface area contributed by atoms with E-state index in [0.29, 0.717) is 6.61 Å². The third-order valence-corrected chi connectivity index (χ3v) is 3.91. The predicted octanol–water partition coefficient (Wildman–Crippen LogP) is 5.44. The summed E-state index contributed by atoms with van der Waals surface area (Å²) in [6, 6.07) is 10.1. The molecule has 0 bridgehead atoms. The van der Waals surface area contributed by atoms with Gasteiger partial charge in [-0.3, -0.25) is 0 Å². The monoisotopic (exact) mass is 292 g/mol. The number of ether oxygens (including phenoxy) is 1. The molecular weight excluding hydrogens is 260 g/mol. The van der Waals surface area contributed by atoms with Gasteiger partial charge in [0.1, 0.15) is 0 Å². The van der Waals surface area contributed by atoms with Crippen molar-refractivity contribution >= 4 is 0 Å². The number of benzene rings is 1. The van der Waals surface area contributed by atoms with Gasteiger partial charge in [0, 0.05) is 12.8 Å². The third kappa shape index (κ3) is 8.23. The molecule has 0 saturated carbocycles. The maximum atomic E-state index is 10.7. The van der Waals surface area contributed by atoms with Gasteiger partial charge < -0.3 is 9.84 Å². The third-order valence-electron chi connectivity index (χ3n) is 3.91. The minimum Gasteiger partial charge on any atom is -0.365 e. The molecular formula is C19H32O2. The van der Waals surface area contributed by atoms with Crippen LogP contribution in [0.4, 0.5) is 0 Å². The number of aliphatic hydroxyl groups is 1. The van der Waals surface area contributed by atoms with Gasteiger partial charge >= 0.3 is 0 Å². The Hall–Kier alpha value is -0.860. The quantitative estimate of drug-likeness (QED) is 0.410. The minimum absolute atomic E-state index is 0.493. The van der Waals surface area contributed by atoms with Crippen molar-refractivity contribution < 1.29 is 9.84 Å². The van der Waals surface area contributed by atoms with Crippen molar-refractivity contribution in [1.82, 2.24) is 0 Å². The van der Waals surface area contributed by atoms with Crippen molar-refractivity contribution in [2.24, 2.45) is 0 Å². The molecule has 1 atom stereocenters. The molecule has 1 rings (SSSR count). The summed E-state index contributed by atoms with van der Waals surface area (Å²) in [7, 11) is 0. The van der Waals surface area contributed by atoms with Gasteiger partial charge in [-0.15, -0.1) is 0 Å². The first-order chi connectivity index (χ1) is 10.2. The van der Waals surface area contributed by atoms with Crippen molar-refractivity contribution in [3.8, 4) is 0 Å². The standard InChI is InChI=1S/C19H32O2/c1-3-5-6-7-8-12-16-19(20,15-4-2)21-17-18-13-10-9-11-14-18/h9-11,13-14,20H,3-8,12,15-17H2,1-2H3. The molecule has 2 heteroatoms. The summed E-state index contributed by atoms with van der Waals surface area (Å²) in [5.74, 6) is -0.949. The SMILES string of the molecule is CCCCCCCCC(O)(CCC)OCc1ccccc1. The molecule has 0 saturated heterocycles. The van der Waals surface area contributed by atoms with Gasteiger partial charge in [0.15, 0.2) is 5.79 Å². The van der Waals surface area contributed by atoms with Crippen molar-refractivity contribution in [1.29, 1.82) is 0 Å². The minimum atomic E-state index is -0.949. The van der Waals surface area contributed by atoms with E-state index in [1.54, 1.807) is 0 Å². The molecule has 0 amide bonds. The first-order valence-corrected chi connectivity index (χ1v) is 8.60. The molecule has 0 fully saturated rings. The Kier molecular flexibility index (Phi) is 9.36. The van der Waals surface area contributed by atoms with E-state index in [-0.39, 0.29) is 0 Å². The Morgan fingerprint density at radius 3 is 2.19 bits per heavy atom. The molecule has 0 radical (unpaired) electrons. The molecule has 0 spiro atoms. The highest BCUT2D eigenvalue weighted by atomic mass is 16.6. The van der Waals surface area contributed by atoms with Crippen LogP contribution in [0.3, 0.4) is 0 Å². The molecule has 1 N–H and O–H groups in total. The number of hydrogen-bond donors (Lipinski definition) is 1. The van der Waals surface area contributed by atoms with Gasteiger partial charge in [-0.05, 0) is 12.0 Å². The van der Waals surface area contributed by atoms with Crippen LogP contribution in [0.15, 0.2) is 30.3 Å². The smallest absolute Gasteiger partial charge is 0.165 e. The van der Waals surface area contributed by atoms with Crippen molar-refractivity contribution in [2.45, 2.75) is 84.0 Å². The molecule has 0 aliphatic carbocycles. The van der Waals surface area contributed by atoms with Crippen molar-refractivity contribution in [3.05, 3.63) is 35.9 Å². The zero-order valence-electron chi connectivity index (χ0n) is 13.8. The molecule has 1 unspecified atom stereocenters. The van der Waals surface area contributed by atoms with Crippen LogP contribution < -0.4 is 0 Å². The lowest BCUT2D eigenvalue weighted by molar-refractivity contribution is -0.220. The number of rotatable bonds is 12. The van der Waals surface area contributed by atoms with Crippen LogP contribution in [0.2, 0.25) is 0 Å². The lowest BCUT2D eigenvalue weighted by Gasteiger charge is -2.28. The Labute approximate surface area is 130 Å². The summed E-state index contributed by atoms with van der Waals surface area (Å²) in [5, 5.41) is 10.7. The molecule has 1 aromatic carbocycles. The van der Waals surface area contributed by atoms with E-state index in [4.69, 9.17) is 4.74 Å². The summed E-state index contributed by atoms with van der Waals surface area (Å²) in [4.78, 5) is 0. The zero-order valence-corrected chi connectivity index (χ0v) is 13.8. The second-order valence-electron chi connectivity index (χ2n) is 5.99. The summed E-state index contributed by atoms with van der Waals surface area (Å²) >= 11 is 0. The highest BCUT2D eigenvalue weighted by Gasteiger charge is 2.26. The first kappa shape index (κ1) is 18.2. The van der Waals surface area contributed by atoms with Gasteiger partial charge in [0.25, 0.3) is 0 Å². The van der Waals surface area contributed by atoms with E-state index in [1.807, 2.05) is 30.3 Å². The molecule has 1 aromatic rings. The lowest BCUT2D eigenvalue weighted by atomic mass is 10.0. The van der Waals surface area contributed by atoms with Crippen molar-refractivity contribution in [2.75, 3.05) is 0 Å². The van der Waals surface area contributed by atoms with Gasteiger partial charge in [0.2, 0.25) is 0 Å². The van der Waals surface area contributed by atoms with Crippen LogP contribution in [-0.2, 0) is 11.3 Å². The first-order valence-electron chi connectivity index (χ1n) is 8.60. The van der Waals surface area contributed by atoms with Gasteiger partial charge in [-0.2, -0.15) is 0 Å². The Balaban J connectivity index is 2.31. The van der Waals surface area contributed by atoms with E-state index in [9.17, 15) is 5.11 Å². The van der Waals surface area contributed by atoms with Crippen LogP contribution in [0.5, 0.6) is 0 Å². The van der Waals surface area contributed by atoms with E-state index in [0.717, 1.165) is 31.2 Å². The zero-order chi connectivity index (χ0) is 15.4. The van der Waals surface area contributed by atoms with E-state index >= 15 is 0 Å². The molecule has 21 heavy (non-hydrogen) atoms. The Bertz CT molecular complexity index is 350. The van der Waals surface area contributed by atoms with E-state index < -0.39 is 5.79 Å². The largest absolute Gasteiger partial charge is 0.365 e. The fraction of sp³-hybridized carbons (Fsp3) is 0.684. The second kappa shape index (κ2) is 10.8. The second-order valence-corrected chi connectivity index (χ2v) is 5.99. The maximum Gasteiger partial charge on any atom is 0.165 e. The van der Waals surface area contributed by atoms with Crippen LogP contribution in [-0.4, -0.2) is 10.9 Å². The molecule has 0 aliphatic heterocycles. The van der Waals surface area contributed by atoms with E-state index in [2.05, 4.69) is 13.8 Å². The average Bonchev–Trinajstić information content (AvgIpc) is 2.50. The topological polar surface area (TPSA) is 29.5 Å². The summed E-state index contributed by atoms with van der Waals surface area (Å²) < 4.78 is 5.84. The van der Waals surface area contributed by atoms with E-state index in [1.165, 1.54) is 32.1 Å². The predicted molar refractivity (Wildman–Crippen MR) is 89.1 cm³/mol. The molecule has 0 aromatic heterocycles. The Morgan fingerprint density at radius 2 is 1.52 bits per heavy atom. The van der Waals surface area contributed by atoms with Crippen LogP contribution >= 0.6 is 0 Å². The Morgan fingerprint density at radius 1 is 0.857 bits per heavy atom. The summed E-state index contributed by atoms with van der Waals surface area (Å²) in [6.45, 7) is 4.82. The number of unbranched alkanes of at least 4 members (excludes halogenated alkanes) is 5. The van der Waals surface area contributed by atoms with Gasteiger partial charge in [0.05, 0.1) is 6.61 Å². The highest BCUT2D eigenvalue weighted by molar-refractivity contribution is 5.13. The number of hydrogen-bond acceptors (Lipinski definition) is 2. The summed E-state index contributed by atoms with van der Waals surface area (Å²) in [6.07, 6.45) is 9.84. The molecule has 2 nitrogen and oxygen atoms in total. The molecule has 0 heterocycles.